The maximum atomic E-state index is 11.9. The van der Waals surface area contributed by atoms with Gasteiger partial charge in [-0.05, 0) is 36.4 Å². The van der Waals surface area contributed by atoms with E-state index in [1.807, 2.05) is 30.3 Å². The zero-order valence-corrected chi connectivity index (χ0v) is 12.4. The van der Waals surface area contributed by atoms with Crippen LogP contribution < -0.4 is 4.74 Å². The largest absolute Gasteiger partial charge is 0.457 e. The molecular weight excluding hydrogens is 296 g/mol. The normalized spacial score (nSPS) is 10.3. The van der Waals surface area contributed by atoms with E-state index < -0.39 is 5.97 Å². The van der Waals surface area contributed by atoms with Crippen LogP contribution in [-0.2, 0) is 11.3 Å². The third-order valence-corrected chi connectivity index (χ3v) is 2.96. The lowest BCUT2D eigenvalue weighted by Gasteiger charge is -2.06. The average Bonchev–Trinajstić information content (AvgIpc) is 3.00. The minimum Gasteiger partial charge on any atom is -0.457 e. The first-order valence-corrected chi connectivity index (χ1v) is 7.00. The lowest BCUT2D eigenvalue weighted by Crippen LogP contribution is -2.05. The van der Waals surface area contributed by atoms with Crippen LogP contribution in [0.15, 0.2) is 59.0 Å². The highest BCUT2D eigenvalue weighted by Gasteiger charge is 2.10. The summed E-state index contributed by atoms with van der Waals surface area (Å²) in [5, 5.41) is 7.42. The van der Waals surface area contributed by atoms with Crippen molar-refractivity contribution in [3.8, 4) is 11.5 Å². The second-order valence-corrected chi connectivity index (χ2v) is 4.73. The zero-order chi connectivity index (χ0) is 16.1. The summed E-state index contributed by atoms with van der Waals surface area (Å²) in [6.45, 7) is 1.62. The SMILES string of the molecule is Cc1nnc(COC(=O)c2ccc(Oc3ccccc3)cc2)o1. The van der Waals surface area contributed by atoms with Gasteiger partial charge >= 0.3 is 5.97 Å². The van der Waals surface area contributed by atoms with Crippen LogP contribution in [-0.4, -0.2) is 16.2 Å². The van der Waals surface area contributed by atoms with Crippen molar-refractivity contribution in [2.24, 2.45) is 0 Å². The first-order chi connectivity index (χ1) is 11.2. The Labute approximate surface area is 132 Å². The van der Waals surface area contributed by atoms with Crippen LogP contribution >= 0.6 is 0 Å². The number of esters is 1. The van der Waals surface area contributed by atoms with Gasteiger partial charge in [0.25, 0.3) is 5.89 Å². The van der Waals surface area contributed by atoms with Crippen molar-refractivity contribution in [2.75, 3.05) is 0 Å². The van der Waals surface area contributed by atoms with Crippen molar-refractivity contribution >= 4 is 5.97 Å². The van der Waals surface area contributed by atoms with Gasteiger partial charge in [0.1, 0.15) is 11.5 Å². The Morgan fingerprint density at radius 3 is 2.35 bits per heavy atom. The van der Waals surface area contributed by atoms with Gasteiger partial charge < -0.3 is 13.9 Å². The molecule has 3 rings (SSSR count). The van der Waals surface area contributed by atoms with Gasteiger partial charge in [-0.15, -0.1) is 10.2 Å². The molecule has 6 heteroatoms. The minimum atomic E-state index is -0.466. The van der Waals surface area contributed by atoms with E-state index in [-0.39, 0.29) is 12.5 Å². The van der Waals surface area contributed by atoms with Crippen molar-refractivity contribution in [1.29, 1.82) is 0 Å². The maximum Gasteiger partial charge on any atom is 0.338 e. The number of carbonyl (C=O) groups excluding carboxylic acids is 1. The van der Waals surface area contributed by atoms with Crippen molar-refractivity contribution in [3.63, 3.8) is 0 Å². The highest BCUT2D eigenvalue weighted by molar-refractivity contribution is 5.89. The molecule has 3 aromatic rings. The molecule has 2 aromatic carbocycles. The molecule has 0 N–H and O–H groups in total. The minimum absolute atomic E-state index is 0.0536. The Balaban J connectivity index is 1.59. The number of benzene rings is 2. The van der Waals surface area contributed by atoms with E-state index in [1.54, 1.807) is 31.2 Å². The van der Waals surface area contributed by atoms with Crippen LogP contribution in [0.5, 0.6) is 11.5 Å². The Kier molecular flexibility index (Phi) is 4.33. The topological polar surface area (TPSA) is 74.5 Å². The Hall–Kier alpha value is -3.15. The number of nitrogens with zero attached hydrogens (tertiary/aromatic N) is 2. The molecule has 0 spiro atoms. The molecule has 6 nitrogen and oxygen atoms in total. The summed E-state index contributed by atoms with van der Waals surface area (Å²) in [6, 6.07) is 16.1. The quantitative estimate of drug-likeness (QED) is 0.671. The number of ether oxygens (including phenoxy) is 2. The summed E-state index contributed by atoms with van der Waals surface area (Å²) in [4.78, 5) is 11.9. The van der Waals surface area contributed by atoms with Gasteiger partial charge in [-0.25, -0.2) is 4.79 Å². The van der Waals surface area contributed by atoms with Crippen molar-refractivity contribution in [1.82, 2.24) is 10.2 Å². The summed E-state index contributed by atoms with van der Waals surface area (Å²) >= 11 is 0. The fourth-order valence-corrected chi connectivity index (χ4v) is 1.89. The van der Waals surface area contributed by atoms with Crippen molar-refractivity contribution < 1.29 is 18.7 Å². The molecule has 0 radical (unpaired) electrons. The summed E-state index contributed by atoms with van der Waals surface area (Å²) < 4.78 is 15.9. The zero-order valence-electron chi connectivity index (χ0n) is 12.4. The summed E-state index contributed by atoms with van der Waals surface area (Å²) in [5.41, 5.74) is 0.418. The fraction of sp³-hybridized carbons (Fsp3) is 0.118. The Bertz CT molecular complexity index is 782. The van der Waals surface area contributed by atoms with Crippen LogP contribution in [0.1, 0.15) is 22.1 Å². The third kappa shape index (κ3) is 3.94. The van der Waals surface area contributed by atoms with Gasteiger partial charge in [0.05, 0.1) is 5.56 Å². The van der Waals surface area contributed by atoms with E-state index in [4.69, 9.17) is 13.9 Å². The molecule has 0 aliphatic heterocycles. The van der Waals surface area contributed by atoms with E-state index in [9.17, 15) is 4.79 Å². The van der Waals surface area contributed by atoms with E-state index in [0.29, 0.717) is 17.2 Å². The van der Waals surface area contributed by atoms with Gasteiger partial charge in [-0.2, -0.15) is 0 Å². The lowest BCUT2D eigenvalue weighted by molar-refractivity contribution is 0.0437. The molecule has 0 amide bonds. The van der Waals surface area contributed by atoms with Crippen molar-refractivity contribution in [2.45, 2.75) is 13.5 Å². The smallest absolute Gasteiger partial charge is 0.338 e. The molecule has 1 aromatic heterocycles. The number of aromatic nitrogens is 2. The molecule has 0 aliphatic rings. The maximum absolute atomic E-state index is 11.9. The summed E-state index contributed by atoms with van der Waals surface area (Å²) in [5.74, 6) is 1.60. The third-order valence-electron chi connectivity index (χ3n) is 2.96. The van der Waals surface area contributed by atoms with Gasteiger partial charge in [0.15, 0.2) is 6.61 Å². The van der Waals surface area contributed by atoms with Gasteiger partial charge in [0, 0.05) is 6.92 Å². The highest BCUT2D eigenvalue weighted by atomic mass is 16.5. The predicted octanol–water partition coefficient (Wildman–Crippen LogP) is 3.53. The molecule has 0 saturated carbocycles. The van der Waals surface area contributed by atoms with E-state index in [0.717, 1.165) is 5.75 Å². The molecule has 0 bridgehead atoms. The molecule has 0 aliphatic carbocycles. The number of rotatable bonds is 5. The Morgan fingerprint density at radius 2 is 1.70 bits per heavy atom. The second kappa shape index (κ2) is 6.74. The van der Waals surface area contributed by atoms with Gasteiger partial charge in [-0.3, -0.25) is 0 Å². The second-order valence-electron chi connectivity index (χ2n) is 4.73. The monoisotopic (exact) mass is 310 g/mol. The van der Waals surface area contributed by atoms with E-state index in [1.165, 1.54) is 0 Å². The summed E-state index contributed by atoms with van der Waals surface area (Å²) in [6.07, 6.45) is 0. The number of hydrogen-bond acceptors (Lipinski definition) is 6. The van der Waals surface area contributed by atoms with Crippen LogP contribution in [0.3, 0.4) is 0 Å². The number of para-hydroxylation sites is 1. The van der Waals surface area contributed by atoms with Crippen LogP contribution in [0.2, 0.25) is 0 Å². The molecular formula is C17H14N2O4. The number of aryl methyl sites for hydroxylation is 1. The van der Waals surface area contributed by atoms with Crippen LogP contribution in [0.4, 0.5) is 0 Å². The lowest BCUT2D eigenvalue weighted by atomic mass is 10.2. The van der Waals surface area contributed by atoms with Gasteiger partial charge in [0.2, 0.25) is 5.89 Å². The molecule has 0 atom stereocenters. The summed E-state index contributed by atoms with van der Waals surface area (Å²) in [7, 11) is 0. The fourth-order valence-electron chi connectivity index (χ4n) is 1.89. The molecule has 116 valence electrons. The first kappa shape index (κ1) is 14.8. The molecule has 0 fully saturated rings. The molecule has 1 heterocycles. The highest BCUT2D eigenvalue weighted by Crippen LogP contribution is 2.21. The van der Waals surface area contributed by atoms with Crippen LogP contribution in [0, 0.1) is 6.92 Å². The van der Waals surface area contributed by atoms with Crippen molar-refractivity contribution in [3.05, 3.63) is 71.9 Å². The van der Waals surface area contributed by atoms with Gasteiger partial charge in [-0.1, -0.05) is 18.2 Å². The number of hydrogen-bond donors (Lipinski definition) is 0. The predicted molar refractivity (Wildman–Crippen MR) is 81.1 cm³/mol. The molecule has 0 saturated heterocycles. The average molecular weight is 310 g/mol. The number of carbonyl (C=O) groups is 1. The molecule has 23 heavy (non-hydrogen) atoms. The Morgan fingerprint density at radius 1 is 1.00 bits per heavy atom. The standard InChI is InChI=1S/C17H14N2O4/c1-12-18-19-16(22-12)11-21-17(20)13-7-9-15(10-8-13)23-14-5-3-2-4-6-14/h2-10H,11H2,1H3. The van der Waals surface area contributed by atoms with E-state index in [2.05, 4.69) is 10.2 Å². The first-order valence-electron chi connectivity index (χ1n) is 7.00. The van der Waals surface area contributed by atoms with E-state index >= 15 is 0 Å². The van der Waals surface area contributed by atoms with Crippen LogP contribution in [0.25, 0.3) is 0 Å². The molecule has 0 unspecified atom stereocenters.